The number of hydrogen-bond donors (Lipinski definition) is 1. The summed E-state index contributed by atoms with van der Waals surface area (Å²) >= 11 is 3.12. The third-order valence-electron chi connectivity index (χ3n) is 6.11. The summed E-state index contributed by atoms with van der Waals surface area (Å²) in [7, 11) is -5.10. The van der Waals surface area contributed by atoms with Gasteiger partial charge in [0.15, 0.2) is 0 Å². The van der Waals surface area contributed by atoms with Crippen molar-refractivity contribution in [2.75, 3.05) is 5.75 Å². The summed E-state index contributed by atoms with van der Waals surface area (Å²) in [6.45, 7) is 0. The van der Waals surface area contributed by atoms with Gasteiger partial charge < -0.3 is 14.2 Å². The summed E-state index contributed by atoms with van der Waals surface area (Å²) in [5, 5.41) is 0. The average Bonchev–Trinajstić information content (AvgIpc) is 3.29. The minimum atomic E-state index is -5.26. The monoisotopic (exact) mass is 556 g/mol. The van der Waals surface area contributed by atoms with Gasteiger partial charge in [0, 0.05) is 5.92 Å². The van der Waals surface area contributed by atoms with E-state index in [0.717, 1.165) is 12.1 Å². The Morgan fingerprint density at radius 2 is 1.97 bits per heavy atom. The van der Waals surface area contributed by atoms with Crippen LogP contribution >= 0.6 is 15.9 Å². The molecule has 1 aliphatic heterocycles. The van der Waals surface area contributed by atoms with Gasteiger partial charge in [0.1, 0.15) is 17.6 Å². The summed E-state index contributed by atoms with van der Waals surface area (Å²) in [4.78, 5) is 37.2. The van der Waals surface area contributed by atoms with Gasteiger partial charge >= 0.3 is 24.1 Å². The van der Waals surface area contributed by atoms with Crippen molar-refractivity contribution in [3.8, 4) is 5.75 Å². The Labute approximate surface area is 193 Å². The zero-order valence-corrected chi connectivity index (χ0v) is 18.9. The summed E-state index contributed by atoms with van der Waals surface area (Å²) < 4.78 is 84.6. The lowest BCUT2D eigenvalue weighted by Crippen LogP contribution is -2.39. The second-order valence-electron chi connectivity index (χ2n) is 8.17. The first-order valence-corrected chi connectivity index (χ1v) is 12.1. The van der Waals surface area contributed by atoms with E-state index >= 15 is 0 Å². The number of carbonyl (C=O) groups is 3. The smallest absolute Gasteiger partial charge is 0.426 e. The summed E-state index contributed by atoms with van der Waals surface area (Å²) in [6, 6.07) is 3.25. The van der Waals surface area contributed by atoms with Gasteiger partial charge in [0.2, 0.25) is 6.10 Å². The molecule has 0 aromatic heterocycles. The van der Waals surface area contributed by atoms with Crippen LogP contribution in [-0.2, 0) is 29.2 Å². The Morgan fingerprint density at radius 1 is 1.27 bits per heavy atom. The standard InChI is InChI=1S/C19H16BrF3O9S/c20-10-2-1-7(16(24)32-13(19(21,22)23)6-33(27,28)29)4-12(10)31-17(25)14-8-3-9-11(5-8)30-18(26)15(9)14/h1-2,4,8-9,11,13-15H,3,5-6H2,(H,27,28,29). The SMILES string of the molecule is O=C(OC(CS(=O)(=O)O)C(F)(F)F)c1ccc(Br)c(OC(=O)C2C3CC4OC(=O)C2C4C3)c1. The highest BCUT2D eigenvalue weighted by Gasteiger charge is 2.64. The number of carbonyl (C=O) groups excluding carboxylic acids is 3. The first-order chi connectivity index (χ1) is 15.2. The third kappa shape index (κ3) is 4.73. The van der Waals surface area contributed by atoms with E-state index in [4.69, 9.17) is 14.0 Å². The number of halogens is 4. The fraction of sp³-hybridized carbons (Fsp3) is 0.526. The minimum Gasteiger partial charge on any atom is -0.462 e. The van der Waals surface area contributed by atoms with E-state index in [-0.39, 0.29) is 28.2 Å². The molecule has 2 aliphatic carbocycles. The van der Waals surface area contributed by atoms with Gasteiger partial charge in [-0.1, -0.05) is 0 Å². The molecule has 14 heteroatoms. The van der Waals surface area contributed by atoms with Crippen molar-refractivity contribution in [3.05, 3.63) is 28.2 Å². The highest BCUT2D eigenvalue weighted by Crippen LogP contribution is 2.58. The molecule has 1 N–H and O–H groups in total. The Balaban J connectivity index is 1.50. The molecule has 6 atom stereocenters. The number of benzene rings is 1. The molecule has 1 heterocycles. The highest BCUT2D eigenvalue weighted by molar-refractivity contribution is 9.10. The van der Waals surface area contributed by atoms with Crippen LogP contribution in [0.3, 0.4) is 0 Å². The maximum atomic E-state index is 13.0. The van der Waals surface area contributed by atoms with Gasteiger partial charge in [0.05, 0.1) is 21.9 Å². The molecule has 0 spiro atoms. The van der Waals surface area contributed by atoms with Crippen molar-refractivity contribution in [1.29, 1.82) is 0 Å². The van der Waals surface area contributed by atoms with Crippen molar-refractivity contribution in [2.24, 2.45) is 23.7 Å². The van der Waals surface area contributed by atoms with Gasteiger partial charge in [-0.05, 0) is 52.9 Å². The lowest BCUT2D eigenvalue weighted by molar-refractivity contribution is -0.197. The molecule has 2 saturated carbocycles. The van der Waals surface area contributed by atoms with Crippen LogP contribution in [-0.4, -0.2) is 55.0 Å². The fourth-order valence-corrected chi connectivity index (χ4v) is 5.76. The van der Waals surface area contributed by atoms with Crippen molar-refractivity contribution in [3.63, 3.8) is 0 Å². The second-order valence-corrected chi connectivity index (χ2v) is 10.5. The van der Waals surface area contributed by atoms with Gasteiger partial charge in [-0.15, -0.1) is 0 Å². The Hall–Kier alpha value is -2.19. The predicted molar refractivity (Wildman–Crippen MR) is 105 cm³/mol. The van der Waals surface area contributed by atoms with Crippen LogP contribution in [0.4, 0.5) is 13.2 Å². The number of hydrogen-bond acceptors (Lipinski definition) is 8. The molecule has 3 fully saturated rings. The molecular formula is C19H16BrF3O9S. The zero-order valence-electron chi connectivity index (χ0n) is 16.5. The van der Waals surface area contributed by atoms with Gasteiger partial charge in [-0.25, -0.2) is 4.79 Å². The van der Waals surface area contributed by atoms with Crippen molar-refractivity contribution in [2.45, 2.75) is 31.2 Å². The molecule has 180 valence electrons. The zero-order chi connectivity index (χ0) is 24.3. The molecule has 1 saturated heterocycles. The average molecular weight is 557 g/mol. The molecule has 2 bridgehead atoms. The predicted octanol–water partition coefficient (Wildman–Crippen LogP) is 2.53. The van der Waals surface area contributed by atoms with Crippen LogP contribution in [0.25, 0.3) is 0 Å². The summed E-state index contributed by atoms with van der Waals surface area (Å²) in [6.07, 6.45) is -7.35. The van der Waals surface area contributed by atoms with Crippen LogP contribution in [0.15, 0.2) is 22.7 Å². The van der Waals surface area contributed by atoms with Crippen LogP contribution in [0.2, 0.25) is 0 Å². The maximum Gasteiger partial charge on any atom is 0.426 e. The van der Waals surface area contributed by atoms with Crippen LogP contribution in [0, 0.1) is 23.7 Å². The van der Waals surface area contributed by atoms with E-state index in [1.54, 1.807) is 0 Å². The number of rotatable bonds is 6. The van der Waals surface area contributed by atoms with E-state index in [1.807, 2.05) is 0 Å². The molecule has 9 nitrogen and oxygen atoms in total. The molecule has 0 amide bonds. The third-order valence-corrected chi connectivity index (χ3v) is 7.49. The topological polar surface area (TPSA) is 133 Å². The Bertz CT molecular complexity index is 1120. The molecule has 6 unspecified atom stereocenters. The molecular weight excluding hydrogens is 541 g/mol. The number of ether oxygens (including phenoxy) is 3. The van der Waals surface area contributed by atoms with Gasteiger partial charge in [0.25, 0.3) is 10.1 Å². The quantitative estimate of drug-likeness (QED) is 0.318. The molecule has 33 heavy (non-hydrogen) atoms. The Kier molecular flexibility index (Phi) is 5.98. The van der Waals surface area contributed by atoms with Crippen LogP contribution in [0.5, 0.6) is 5.75 Å². The molecule has 1 aromatic rings. The number of fused-ring (bicyclic) bond motifs is 1. The first kappa shape index (κ1) is 24.0. The van der Waals surface area contributed by atoms with Crippen molar-refractivity contribution in [1.82, 2.24) is 0 Å². The first-order valence-electron chi connectivity index (χ1n) is 9.69. The fourth-order valence-electron chi connectivity index (χ4n) is 4.79. The van der Waals surface area contributed by atoms with Crippen LogP contribution in [0.1, 0.15) is 23.2 Å². The van der Waals surface area contributed by atoms with E-state index in [1.165, 1.54) is 6.07 Å². The summed E-state index contributed by atoms with van der Waals surface area (Å²) in [5.41, 5.74) is -0.459. The lowest BCUT2D eigenvalue weighted by atomic mass is 9.80. The van der Waals surface area contributed by atoms with E-state index in [2.05, 4.69) is 20.7 Å². The maximum absolute atomic E-state index is 13.0. The molecule has 0 radical (unpaired) electrons. The minimum absolute atomic E-state index is 0.0492. The lowest BCUT2D eigenvalue weighted by Gasteiger charge is -2.23. The van der Waals surface area contributed by atoms with Crippen molar-refractivity contribution >= 4 is 44.0 Å². The van der Waals surface area contributed by atoms with Gasteiger partial charge in [-0.3, -0.25) is 14.1 Å². The van der Waals surface area contributed by atoms with Crippen molar-refractivity contribution < 1.29 is 54.7 Å². The molecule has 3 aliphatic rings. The Morgan fingerprint density at radius 3 is 2.61 bits per heavy atom. The number of esters is 3. The van der Waals surface area contributed by atoms with Crippen LogP contribution < -0.4 is 4.74 Å². The number of alkyl halides is 3. The largest absolute Gasteiger partial charge is 0.462 e. The van der Waals surface area contributed by atoms with E-state index in [0.29, 0.717) is 12.8 Å². The normalized spacial score (nSPS) is 29.0. The van der Waals surface area contributed by atoms with E-state index in [9.17, 15) is 36.0 Å². The van der Waals surface area contributed by atoms with E-state index < -0.39 is 63.5 Å². The van der Waals surface area contributed by atoms with Gasteiger partial charge in [-0.2, -0.15) is 21.6 Å². The highest BCUT2D eigenvalue weighted by atomic mass is 79.9. The second kappa shape index (κ2) is 8.24. The summed E-state index contributed by atoms with van der Waals surface area (Å²) in [5.74, 6) is -6.28. The molecule has 4 rings (SSSR count). The molecule has 1 aromatic carbocycles.